The van der Waals surface area contributed by atoms with Crippen molar-refractivity contribution in [2.45, 2.75) is 0 Å². The molecule has 5 heteroatoms. The SMILES string of the molecule is Clc1cc([I+]c2csc(Cl)c2)cs1. The zero-order valence-corrected chi connectivity index (χ0v) is 11.6. The van der Waals surface area contributed by atoms with Gasteiger partial charge in [-0.25, -0.2) is 0 Å². The number of halogens is 3. The summed E-state index contributed by atoms with van der Waals surface area (Å²) in [5.74, 6) is 0. The Kier molecular flexibility index (Phi) is 3.53. The van der Waals surface area contributed by atoms with Crippen molar-refractivity contribution in [3.63, 3.8) is 0 Å². The van der Waals surface area contributed by atoms with Crippen LogP contribution in [0.4, 0.5) is 0 Å². The Balaban J connectivity index is 2.14. The number of thiophene rings is 2. The highest BCUT2D eigenvalue weighted by molar-refractivity contribution is 7.14. The van der Waals surface area contributed by atoms with E-state index >= 15 is 0 Å². The van der Waals surface area contributed by atoms with Gasteiger partial charge in [0.15, 0.2) is 0 Å². The van der Waals surface area contributed by atoms with E-state index in [0.29, 0.717) is 0 Å². The summed E-state index contributed by atoms with van der Waals surface area (Å²) in [5, 5.41) is 4.25. The first-order chi connectivity index (χ1) is 6.24. The van der Waals surface area contributed by atoms with Crippen molar-refractivity contribution in [2.24, 2.45) is 0 Å². The summed E-state index contributed by atoms with van der Waals surface area (Å²) in [7, 11) is 0. The van der Waals surface area contributed by atoms with Gasteiger partial charge in [0.05, 0.1) is 8.67 Å². The molecule has 2 rings (SSSR count). The maximum absolute atomic E-state index is 5.84. The van der Waals surface area contributed by atoms with Crippen LogP contribution in [0.3, 0.4) is 0 Å². The van der Waals surface area contributed by atoms with Gasteiger partial charge in [-0.15, -0.1) is 22.7 Å². The molecular weight excluding hydrogens is 358 g/mol. The molecule has 0 spiro atoms. The van der Waals surface area contributed by atoms with Crippen molar-refractivity contribution < 1.29 is 21.2 Å². The molecule has 0 N–H and O–H groups in total. The molecule has 0 saturated carbocycles. The first-order valence-corrected chi connectivity index (χ1v) is 8.04. The summed E-state index contributed by atoms with van der Waals surface area (Å²) in [6, 6.07) is 4.09. The van der Waals surface area contributed by atoms with Crippen molar-refractivity contribution >= 4 is 45.9 Å². The van der Waals surface area contributed by atoms with E-state index in [-0.39, 0.29) is 21.2 Å². The van der Waals surface area contributed by atoms with Crippen molar-refractivity contribution in [2.75, 3.05) is 0 Å². The van der Waals surface area contributed by atoms with Crippen molar-refractivity contribution in [1.82, 2.24) is 0 Å². The van der Waals surface area contributed by atoms with Crippen molar-refractivity contribution in [3.8, 4) is 0 Å². The molecule has 2 heterocycles. The maximum Gasteiger partial charge on any atom is 0.359 e. The van der Waals surface area contributed by atoms with Gasteiger partial charge < -0.3 is 0 Å². The van der Waals surface area contributed by atoms with E-state index in [2.05, 4.69) is 10.8 Å². The summed E-state index contributed by atoms with van der Waals surface area (Å²) in [6.07, 6.45) is 0. The van der Waals surface area contributed by atoms with E-state index in [1.54, 1.807) is 22.7 Å². The normalized spacial score (nSPS) is 10.6. The van der Waals surface area contributed by atoms with Crippen LogP contribution in [0, 0.1) is 7.14 Å². The number of hydrogen-bond donors (Lipinski definition) is 0. The molecule has 0 amide bonds. The lowest BCUT2D eigenvalue weighted by molar-refractivity contribution is -0.596. The Labute approximate surface area is 105 Å². The van der Waals surface area contributed by atoms with Gasteiger partial charge in [0.2, 0.25) is 7.14 Å². The molecule has 0 fully saturated rings. The van der Waals surface area contributed by atoms with E-state index < -0.39 is 0 Å². The molecule has 2 aromatic rings. The topological polar surface area (TPSA) is 0 Å². The van der Waals surface area contributed by atoms with Crippen molar-refractivity contribution in [3.05, 3.63) is 38.7 Å². The molecule has 13 heavy (non-hydrogen) atoms. The molecule has 0 nitrogen and oxygen atoms in total. The largest absolute Gasteiger partial charge is 0.359 e. The molecule has 0 aliphatic rings. The Morgan fingerprint density at radius 3 is 1.69 bits per heavy atom. The van der Waals surface area contributed by atoms with E-state index in [4.69, 9.17) is 23.2 Å². The van der Waals surface area contributed by atoms with Crippen LogP contribution >= 0.6 is 45.9 Å². The van der Waals surface area contributed by atoms with Gasteiger partial charge in [0, 0.05) is 22.9 Å². The van der Waals surface area contributed by atoms with Crippen LogP contribution in [-0.4, -0.2) is 0 Å². The fourth-order valence-electron chi connectivity index (χ4n) is 0.803. The summed E-state index contributed by atoms with van der Waals surface area (Å²) in [5.41, 5.74) is 0. The summed E-state index contributed by atoms with van der Waals surface area (Å²) in [6.45, 7) is 0. The Morgan fingerprint density at radius 2 is 1.38 bits per heavy atom. The van der Waals surface area contributed by atoms with Crippen LogP contribution in [0.2, 0.25) is 8.67 Å². The molecule has 0 unspecified atom stereocenters. The van der Waals surface area contributed by atoms with Crippen molar-refractivity contribution in [1.29, 1.82) is 0 Å². The van der Waals surface area contributed by atoms with Gasteiger partial charge in [-0.1, -0.05) is 23.2 Å². The van der Waals surface area contributed by atoms with Crippen LogP contribution in [0.5, 0.6) is 0 Å². The molecule has 0 atom stereocenters. The highest BCUT2D eigenvalue weighted by atomic mass is 127. The van der Waals surface area contributed by atoms with Crippen LogP contribution < -0.4 is 21.2 Å². The predicted octanol–water partition coefficient (Wildman–Crippen LogP) is 1.24. The molecular formula is C8H4Cl2IS2+. The van der Waals surface area contributed by atoms with Gasteiger partial charge in [-0.3, -0.25) is 0 Å². The third-order valence-electron chi connectivity index (χ3n) is 1.29. The Bertz CT molecular complexity index is 369. The molecule has 0 aliphatic carbocycles. The average molecular weight is 362 g/mol. The molecule has 0 radical (unpaired) electrons. The quantitative estimate of drug-likeness (QED) is 0.706. The molecule has 2 aromatic heterocycles. The monoisotopic (exact) mass is 361 g/mol. The summed E-state index contributed by atoms with van der Waals surface area (Å²) in [4.78, 5) is 0. The molecule has 0 saturated heterocycles. The van der Waals surface area contributed by atoms with E-state index in [1.165, 1.54) is 7.14 Å². The standard InChI is InChI=1S/C8H4Cl2IS2/c9-7-1-5(3-12-7)11-6-2-8(10)13-4-6/h1-4H/q+1. The lowest BCUT2D eigenvalue weighted by Gasteiger charge is -1.71. The second-order valence-corrected chi connectivity index (χ2v) is 8.35. The minimum Gasteiger partial charge on any atom is -0.127 e. The third-order valence-corrected chi connectivity index (χ3v) is 6.81. The molecule has 0 aromatic carbocycles. The fourth-order valence-corrected chi connectivity index (χ4v) is 6.34. The molecule has 0 aliphatic heterocycles. The second kappa shape index (κ2) is 4.49. The minimum absolute atomic E-state index is 0.0777. The number of rotatable bonds is 2. The highest BCUT2D eigenvalue weighted by Crippen LogP contribution is 2.16. The van der Waals surface area contributed by atoms with E-state index in [9.17, 15) is 0 Å². The highest BCUT2D eigenvalue weighted by Gasteiger charge is 2.18. The zero-order valence-electron chi connectivity index (χ0n) is 6.26. The summed E-state index contributed by atoms with van der Waals surface area (Å²) >= 11 is 14.8. The number of hydrogen-bond acceptors (Lipinski definition) is 2. The minimum atomic E-state index is -0.0777. The first-order valence-electron chi connectivity index (χ1n) is 3.37. The smallest absolute Gasteiger partial charge is 0.127 e. The van der Waals surface area contributed by atoms with Crippen LogP contribution in [0.15, 0.2) is 22.9 Å². The fraction of sp³-hybridized carbons (Fsp3) is 0. The van der Waals surface area contributed by atoms with Gasteiger partial charge in [-0.2, -0.15) is 0 Å². The Hall–Kier alpha value is 0.710. The van der Waals surface area contributed by atoms with E-state index in [0.717, 1.165) is 8.67 Å². The molecule has 68 valence electrons. The van der Waals surface area contributed by atoms with Gasteiger partial charge in [0.1, 0.15) is 0 Å². The van der Waals surface area contributed by atoms with Crippen LogP contribution in [-0.2, 0) is 0 Å². The lowest BCUT2D eigenvalue weighted by atomic mass is 10.7. The van der Waals surface area contributed by atoms with Crippen LogP contribution in [0.25, 0.3) is 0 Å². The van der Waals surface area contributed by atoms with Crippen LogP contribution in [0.1, 0.15) is 0 Å². The maximum atomic E-state index is 5.84. The van der Waals surface area contributed by atoms with Gasteiger partial charge in [-0.05, 0) is 0 Å². The predicted molar refractivity (Wildman–Crippen MR) is 56.1 cm³/mol. The second-order valence-electron chi connectivity index (χ2n) is 2.23. The van der Waals surface area contributed by atoms with Gasteiger partial charge >= 0.3 is 21.2 Å². The molecule has 0 bridgehead atoms. The average Bonchev–Trinajstić information content (AvgIpc) is 2.62. The summed E-state index contributed by atoms with van der Waals surface area (Å²) < 4.78 is 4.47. The van der Waals surface area contributed by atoms with E-state index in [1.807, 2.05) is 12.1 Å². The lowest BCUT2D eigenvalue weighted by Crippen LogP contribution is -3.61. The third kappa shape index (κ3) is 2.83. The Morgan fingerprint density at radius 1 is 0.923 bits per heavy atom. The van der Waals surface area contributed by atoms with Gasteiger partial charge in [0.25, 0.3) is 0 Å². The first kappa shape index (κ1) is 10.2. The zero-order chi connectivity index (χ0) is 9.26.